The van der Waals surface area contributed by atoms with Gasteiger partial charge in [0.1, 0.15) is 6.04 Å². The van der Waals surface area contributed by atoms with E-state index in [2.05, 4.69) is 5.32 Å². The average molecular weight is 332 g/mol. The summed E-state index contributed by atoms with van der Waals surface area (Å²) < 4.78 is 0. The predicted octanol–water partition coefficient (Wildman–Crippen LogP) is 2.27. The van der Waals surface area contributed by atoms with Crippen LogP contribution >= 0.6 is 0 Å². The lowest BCUT2D eigenvalue weighted by molar-refractivity contribution is -0.148. The zero-order chi connectivity index (χ0) is 17.4. The highest BCUT2D eigenvalue weighted by molar-refractivity contribution is 6.08. The van der Waals surface area contributed by atoms with Crippen LogP contribution in [0.1, 0.15) is 52.9 Å². The fourth-order valence-corrected chi connectivity index (χ4v) is 3.94. The zero-order valence-corrected chi connectivity index (χ0v) is 14.8. The Morgan fingerprint density at radius 3 is 2.12 bits per heavy atom. The number of hydrogen-bond acceptors (Lipinski definition) is 3. The van der Waals surface area contributed by atoms with Crippen LogP contribution in [0.25, 0.3) is 0 Å². The van der Waals surface area contributed by atoms with Gasteiger partial charge in [-0.05, 0) is 50.9 Å². The van der Waals surface area contributed by atoms with Crippen LogP contribution in [-0.4, -0.2) is 34.7 Å². The van der Waals surface area contributed by atoms with E-state index in [0.717, 1.165) is 12.8 Å². The van der Waals surface area contributed by atoms with Crippen molar-refractivity contribution in [2.24, 2.45) is 23.7 Å². The van der Waals surface area contributed by atoms with Gasteiger partial charge in [0.2, 0.25) is 17.7 Å². The molecule has 0 unspecified atom stereocenters. The number of nitrogens with zero attached hydrogens (tertiary/aromatic N) is 1. The van der Waals surface area contributed by atoms with Crippen LogP contribution in [0, 0.1) is 23.7 Å². The molecule has 3 amide bonds. The van der Waals surface area contributed by atoms with Crippen LogP contribution in [0.5, 0.6) is 0 Å². The van der Waals surface area contributed by atoms with Crippen molar-refractivity contribution in [2.75, 3.05) is 0 Å². The molecule has 2 aliphatic carbocycles. The van der Waals surface area contributed by atoms with Gasteiger partial charge in [0.05, 0.1) is 11.8 Å². The van der Waals surface area contributed by atoms with E-state index < -0.39 is 6.04 Å². The number of fused-ring (bicyclic) bond motifs is 1. The number of hydrogen-bond donors (Lipinski definition) is 1. The fraction of sp³-hybridized carbons (Fsp3) is 0.737. The third kappa shape index (κ3) is 3.26. The van der Waals surface area contributed by atoms with Gasteiger partial charge in [0, 0.05) is 6.04 Å². The molecule has 1 heterocycles. The summed E-state index contributed by atoms with van der Waals surface area (Å²) in [6.07, 6.45) is 7.99. The Labute approximate surface area is 143 Å². The lowest BCUT2D eigenvalue weighted by Crippen LogP contribution is -2.52. The van der Waals surface area contributed by atoms with E-state index in [-0.39, 0.29) is 41.5 Å². The molecule has 1 saturated carbocycles. The highest BCUT2D eigenvalue weighted by Crippen LogP contribution is 2.37. The maximum Gasteiger partial charge on any atom is 0.243 e. The maximum atomic E-state index is 12.8. The number of amides is 3. The molecule has 0 aromatic heterocycles. The molecule has 5 nitrogen and oxygen atoms in total. The van der Waals surface area contributed by atoms with E-state index in [1.165, 1.54) is 4.90 Å². The molecule has 132 valence electrons. The Morgan fingerprint density at radius 1 is 1.12 bits per heavy atom. The van der Waals surface area contributed by atoms with Crippen molar-refractivity contribution in [1.82, 2.24) is 10.2 Å². The van der Waals surface area contributed by atoms with E-state index in [4.69, 9.17) is 0 Å². The molecule has 3 rings (SSSR count). The molecule has 1 aliphatic heterocycles. The molecule has 3 aliphatic rings. The molecule has 0 aromatic carbocycles. The fourth-order valence-electron chi connectivity index (χ4n) is 3.94. The van der Waals surface area contributed by atoms with Crippen molar-refractivity contribution in [1.29, 1.82) is 0 Å². The van der Waals surface area contributed by atoms with Gasteiger partial charge < -0.3 is 5.32 Å². The summed E-state index contributed by atoms with van der Waals surface area (Å²) in [5.41, 5.74) is 0. The van der Waals surface area contributed by atoms with Crippen molar-refractivity contribution in [3.8, 4) is 0 Å². The van der Waals surface area contributed by atoms with E-state index in [9.17, 15) is 14.4 Å². The summed E-state index contributed by atoms with van der Waals surface area (Å²) in [7, 11) is 0. The van der Waals surface area contributed by atoms with Crippen molar-refractivity contribution in [3.05, 3.63) is 12.2 Å². The molecule has 0 bridgehead atoms. The minimum atomic E-state index is -0.670. The number of allylic oxidation sites excluding steroid dienone is 2. The second kappa shape index (κ2) is 6.69. The molecule has 24 heavy (non-hydrogen) atoms. The Balaban J connectivity index is 1.78. The highest BCUT2D eigenvalue weighted by Gasteiger charge is 2.51. The number of likely N-dealkylation sites (tertiary alicyclic amines) is 1. The smallest absolute Gasteiger partial charge is 0.243 e. The SMILES string of the molecule is CC(C)C[C@H](C(=O)N[C@H](C)C1CC1)N1C(=O)[C@H]2CC=CC[C@H]2C1=O. The van der Waals surface area contributed by atoms with Gasteiger partial charge in [0.15, 0.2) is 0 Å². The molecule has 4 atom stereocenters. The Kier molecular flexibility index (Phi) is 4.79. The second-order valence-electron chi connectivity index (χ2n) is 7.98. The Hall–Kier alpha value is -1.65. The van der Waals surface area contributed by atoms with Crippen LogP contribution in [0.3, 0.4) is 0 Å². The van der Waals surface area contributed by atoms with Crippen molar-refractivity contribution < 1.29 is 14.4 Å². The van der Waals surface area contributed by atoms with Crippen LogP contribution in [0.4, 0.5) is 0 Å². The van der Waals surface area contributed by atoms with Crippen LogP contribution < -0.4 is 5.32 Å². The van der Waals surface area contributed by atoms with Crippen LogP contribution in [0.15, 0.2) is 12.2 Å². The third-order valence-corrected chi connectivity index (χ3v) is 5.55. The van der Waals surface area contributed by atoms with Gasteiger partial charge >= 0.3 is 0 Å². The predicted molar refractivity (Wildman–Crippen MR) is 90.8 cm³/mol. The van der Waals surface area contributed by atoms with Crippen molar-refractivity contribution >= 4 is 17.7 Å². The third-order valence-electron chi connectivity index (χ3n) is 5.55. The van der Waals surface area contributed by atoms with Gasteiger partial charge in [-0.25, -0.2) is 0 Å². The van der Waals surface area contributed by atoms with Gasteiger partial charge in [-0.2, -0.15) is 0 Å². The summed E-state index contributed by atoms with van der Waals surface area (Å²) >= 11 is 0. The van der Waals surface area contributed by atoms with Gasteiger partial charge in [-0.1, -0.05) is 26.0 Å². The number of imide groups is 1. The first-order valence-electron chi connectivity index (χ1n) is 9.22. The number of carbonyl (C=O) groups is 3. The number of nitrogens with one attached hydrogen (secondary N) is 1. The molecule has 2 fully saturated rings. The normalized spacial score (nSPS) is 28.9. The molecule has 0 aromatic rings. The quantitative estimate of drug-likeness (QED) is 0.599. The molecular formula is C19H28N2O3. The lowest BCUT2D eigenvalue weighted by atomic mass is 9.85. The summed E-state index contributed by atoms with van der Waals surface area (Å²) in [5.74, 6) is -0.250. The molecule has 1 saturated heterocycles. The molecular weight excluding hydrogens is 304 g/mol. The van der Waals surface area contributed by atoms with E-state index >= 15 is 0 Å². The van der Waals surface area contributed by atoms with Crippen molar-refractivity contribution in [3.63, 3.8) is 0 Å². The second-order valence-corrected chi connectivity index (χ2v) is 7.98. The summed E-state index contributed by atoms with van der Waals surface area (Å²) in [5, 5.41) is 3.05. The average Bonchev–Trinajstić information content (AvgIpc) is 3.35. The van der Waals surface area contributed by atoms with Crippen LogP contribution in [-0.2, 0) is 14.4 Å². The van der Waals surface area contributed by atoms with E-state index in [1.54, 1.807) is 0 Å². The molecule has 1 N–H and O–H groups in total. The first-order chi connectivity index (χ1) is 11.4. The van der Waals surface area contributed by atoms with Crippen molar-refractivity contribution in [2.45, 2.75) is 65.0 Å². The monoisotopic (exact) mass is 332 g/mol. The molecule has 5 heteroatoms. The van der Waals surface area contributed by atoms with Gasteiger partial charge in [0.25, 0.3) is 0 Å². The van der Waals surface area contributed by atoms with Gasteiger partial charge in [-0.3, -0.25) is 19.3 Å². The minimum absolute atomic E-state index is 0.115. The largest absolute Gasteiger partial charge is 0.352 e. The summed E-state index contributed by atoms with van der Waals surface area (Å²) in [6.45, 7) is 6.05. The zero-order valence-electron chi connectivity index (χ0n) is 14.8. The molecule has 0 spiro atoms. The van der Waals surface area contributed by atoms with Crippen LogP contribution in [0.2, 0.25) is 0 Å². The lowest BCUT2D eigenvalue weighted by Gasteiger charge is -2.28. The standard InChI is InChI=1S/C19H28N2O3/c1-11(2)10-16(17(22)20-12(3)13-8-9-13)21-18(23)14-6-4-5-7-15(14)19(21)24/h4-5,11-16H,6-10H2,1-3H3,(H,20,22)/t12-,14-,15+,16-/m1/s1. The van der Waals surface area contributed by atoms with E-state index in [1.807, 2.05) is 32.9 Å². The first kappa shape index (κ1) is 17.2. The first-order valence-corrected chi connectivity index (χ1v) is 9.22. The highest BCUT2D eigenvalue weighted by atomic mass is 16.2. The van der Waals surface area contributed by atoms with Gasteiger partial charge in [-0.15, -0.1) is 0 Å². The topological polar surface area (TPSA) is 66.5 Å². The summed E-state index contributed by atoms with van der Waals surface area (Å²) in [4.78, 5) is 39.7. The maximum absolute atomic E-state index is 12.8. The minimum Gasteiger partial charge on any atom is -0.352 e. The Bertz CT molecular complexity index is 539. The number of rotatable bonds is 6. The van der Waals surface area contributed by atoms with E-state index in [0.29, 0.717) is 25.2 Å². The summed E-state index contributed by atoms with van der Waals surface area (Å²) in [6, 6.07) is -0.555. The Morgan fingerprint density at radius 2 is 1.67 bits per heavy atom. The number of carbonyl (C=O) groups excluding carboxylic acids is 3. The molecule has 0 radical (unpaired) electrons.